The first-order valence-corrected chi connectivity index (χ1v) is 8.98. The summed E-state index contributed by atoms with van der Waals surface area (Å²) in [6, 6.07) is 15.5. The van der Waals surface area contributed by atoms with Crippen LogP contribution in [-0.4, -0.2) is 17.5 Å². The first-order chi connectivity index (χ1) is 11.6. The third-order valence-electron chi connectivity index (χ3n) is 3.26. The number of amides is 1. The van der Waals surface area contributed by atoms with Crippen LogP contribution in [0, 0.1) is 6.92 Å². The summed E-state index contributed by atoms with van der Waals surface area (Å²) < 4.78 is 6.37. The zero-order chi connectivity index (χ0) is 16.9. The van der Waals surface area contributed by atoms with Gasteiger partial charge in [0, 0.05) is 15.4 Å². The first kappa shape index (κ1) is 16.7. The van der Waals surface area contributed by atoms with Crippen molar-refractivity contribution in [2.24, 2.45) is 0 Å². The summed E-state index contributed by atoms with van der Waals surface area (Å²) in [5.41, 5.74) is 3.08. The summed E-state index contributed by atoms with van der Waals surface area (Å²) in [5, 5.41) is 5.25. The standard InChI is InChI=1S/C18H15BrN2O2S/c1-12-5-7-13(8-6-12)16-11-24-18(20-16)21-17(22)10-23-15-4-2-3-14(19)9-15/h2-9,11H,10H2,1H3,(H,20,21,22). The van der Waals surface area contributed by atoms with Gasteiger partial charge in [-0.25, -0.2) is 4.98 Å². The van der Waals surface area contributed by atoms with Crippen molar-refractivity contribution in [3.8, 4) is 17.0 Å². The number of carbonyl (C=O) groups is 1. The van der Waals surface area contributed by atoms with E-state index in [9.17, 15) is 4.79 Å². The highest BCUT2D eigenvalue weighted by atomic mass is 79.9. The van der Waals surface area contributed by atoms with E-state index in [2.05, 4.69) is 26.2 Å². The normalized spacial score (nSPS) is 10.4. The Hall–Kier alpha value is -2.18. The van der Waals surface area contributed by atoms with Crippen LogP contribution in [0.4, 0.5) is 5.13 Å². The second-order valence-corrected chi connectivity index (χ2v) is 6.97. The number of aryl methyl sites for hydroxylation is 1. The largest absolute Gasteiger partial charge is 0.484 e. The quantitative estimate of drug-likeness (QED) is 0.660. The minimum atomic E-state index is -0.236. The van der Waals surface area contributed by atoms with Crippen LogP contribution in [0.2, 0.25) is 0 Å². The Bertz CT molecular complexity index is 846. The van der Waals surface area contributed by atoms with Crippen LogP contribution < -0.4 is 10.1 Å². The maximum Gasteiger partial charge on any atom is 0.264 e. The molecule has 2 aromatic carbocycles. The summed E-state index contributed by atoms with van der Waals surface area (Å²) in [5.74, 6) is 0.402. The van der Waals surface area contributed by atoms with Gasteiger partial charge in [0.25, 0.3) is 5.91 Å². The fourth-order valence-electron chi connectivity index (χ4n) is 2.05. The summed E-state index contributed by atoms with van der Waals surface area (Å²) in [6.45, 7) is 1.98. The second kappa shape index (κ2) is 7.59. The van der Waals surface area contributed by atoms with Gasteiger partial charge in [-0.3, -0.25) is 10.1 Å². The molecule has 0 radical (unpaired) electrons. The van der Waals surface area contributed by atoms with Gasteiger partial charge >= 0.3 is 0 Å². The number of hydrogen-bond donors (Lipinski definition) is 1. The number of nitrogens with zero attached hydrogens (tertiary/aromatic N) is 1. The van der Waals surface area contributed by atoms with E-state index in [0.717, 1.165) is 15.7 Å². The molecule has 6 heteroatoms. The molecule has 0 atom stereocenters. The number of carbonyl (C=O) groups excluding carboxylic acids is 1. The molecule has 1 heterocycles. The van der Waals surface area contributed by atoms with Gasteiger partial charge in [0.2, 0.25) is 0 Å². The fraction of sp³-hybridized carbons (Fsp3) is 0.111. The van der Waals surface area contributed by atoms with Crippen molar-refractivity contribution >= 4 is 38.3 Å². The van der Waals surface area contributed by atoms with E-state index in [1.807, 2.05) is 54.8 Å². The van der Waals surface area contributed by atoms with Crippen LogP contribution in [0.15, 0.2) is 58.4 Å². The Morgan fingerprint density at radius 1 is 1.25 bits per heavy atom. The number of anilines is 1. The predicted octanol–water partition coefficient (Wildman–Crippen LogP) is 4.90. The molecule has 3 aromatic rings. The van der Waals surface area contributed by atoms with Gasteiger partial charge in [0.05, 0.1) is 5.69 Å². The van der Waals surface area contributed by atoms with E-state index >= 15 is 0 Å². The van der Waals surface area contributed by atoms with Crippen molar-refractivity contribution in [2.75, 3.05) is 11.9 Å². The van der Waals surface area contributed by atoms with E-state index < -0.39 is 0 Å². The van der Waals surface area contributed by atoms with Gasteiger partial charge in [-0.15, -0.1) is 11.3 Å². The van der Waals surface area contributed by atoms with Crippen molar-refractivity contribution in [3.63, 3.8) is 0 Å². The number of nitrogens with one attached hydrogen (secondary N) is 1. The summed E-state index contributed by atoms with van der Waals surface area (Å²) >= 11 is 4.76. The van der Waals surface area contributed by atoms with Crippen molar-refractivity contribution < 1.29 is 9.53 Å². The highest BCUT2D eigenvalue weighted by molar-refractivity contribution is 9.10. The van der Waals surface area contributed by atoms with E-state index in [1.54, 1.807) is 6.07 Å². The SMILES string of the molecule is Cc1ccc(-c2csc(NC(=O)COc3cccc(Br)c3)n2)cc1. The predicted molar refractivity (Wildman–Crippen MR) is 101 cm³/mol. The minimum absolute atomic E-state index is 0.0596. The minimum Gasteiger partial charge on any atom is -0.484 e. The summed E-state index contributed by atoms with van der Waals surface area (Å²) in [7, 11) is 0. The molecule has 0 saturated carbocycles. The van der Waals surface area contributed by atoms with Crippen molar-refractivity contribution in [1.29, 1.82) is 0 Å². The summed E-state index contributed by atoms with van der Waals surface area (Å²) in [4.78, 5) is 16.4. The molecule has 0 bridgehead atoms. The van der Waals surface area contributed by atoms with Gasteiger partial charge < -0.3 is 4.74 Å². The van der Waals surface area contributed by atoms with Gasteiger partial charge in [-0.05, 0) is 25.1 Å². The molecule has 24 heavy (non-hydrogen) atoms. The van der Waals surface area contributed by atoms with Crippen LogP contribution in [0.1, 0.15) is 5.56 Å². The number of hydrogen-bond acceptors (Lipinski definition) is 4. The zero-order valence-corrected chi connectivity index (χ0v) is 15.4. The highest BCUT2D eigenvalue weighted by Crippen LogP contribution is 2.25. The molecule has 0 aliphatic rings. The van der Waals surface area contributed by atoms with E-state index in [0.29, 0.717) is 10.9 Å². The highest BCUT2D eigenvalue weighted by Gasteiger charge is 2.09. The lowest BCUT2D eigenvalue weighted by Gasteiger charge is -2.06. The first-order valence-electron chi connectivity index (χ1n) is 7.31. The smallest absolute Gasteiger partial charge is 0.264 e. The molecule has 0 aliphatic carbocycles. The topological polar surface area (TPSA) is 51.2 Å². The average Bonchev–Trinajstić information content (AvgIpc) is 3.02. The number of halogens is 1. The van der Waals surface area contributed by atoms with E-state index in [1.165, 1.54) is 16.9 Å². The Morgan fingerprint density at radius 2 is 2.04 bits per heavy atom. The van der Waals surface area contributed by atoms with Crippen molar-refractivity contribution in [1.82, 2.24) is 4.98 Å². The number of aromatic nitrogens is 1. The molecule has 0 fully saturated rings. The van der Waals surface area contributed by atoms with Gasteiger partial charge in [0.1, 0.15) is 5.75 Å². The molecule has 1 amide bonds. The monoisotopic (exact) mass is 402 g/mol. The van der Waals surface area contributed by atoms with Gasteiger partial charge in [0.15, 0.2) is 11.7 Å². The Labute approximate surface area is 152 Å². The molecule has 0 spiro atoms. The maximum absolute atomic E-state index is 12.0. The average molecular weight is 403 g/mol. The third-order valence-corrected chi connectivity index (χ3v) is 4.51. The molecular formula is C18H15BrN2O2S. The van der Waals surface area contributed by atoms with Crippen LogP contribution >= 0.6 is 27.3 Å². The molecule has 0 aliphatic heterocycles. The van der Waals surface area contributed by atoms with Crippen LogP contribution in [0.3, 0.4) is 0 Å². The number of rotatable bonds is 5. The molecule has 0 saturated heterocycles. The lowest BCUT2D eigenvalue weighted by molar-refractivity contribution is -0.118. The number of ether oxygens (including phenoxy) is 1. The van der Waals surface area contributed by atoms with E-state index in [-0.39, 0.29) is 12.5 Å². The lowest BCUT2D eigenvalue weighted by atomic mass is 10.1. The molecule has 4 nitrogen and oxygen atoms in total. The van der Waals surface area contributed by atoms with Crippen LogP contribution in [-0.2, 0) is 4.79 Å². The van der Waals surface area contributed by atoms with E-state index in [4.69, 9.17) is 4.74 Å². The zero-order valence-electron chi connectivity index (χ0n) is 13.0. The Kier molecular flexibility index (Phi) is 5.27. The molecule has 1 aromatic heterocycles. The summed E-state index contributed by atoms with van der Waals surface area (Å²) in [6.07, 6.45) is 0. The molecule has 122 valence electrons. The number of thiazole rings is 1. The molecular weight excluding hydrogens is 388 g/mol. The number of benzene rings is 2. The lowest BCUT2D eigenvalue weighted by Crippen LogP contribution is -2.20. The Balaban J connectivity index is 1.58. The molecule has 1 N–H and O–H groups in total. The van der Waals surface area contributed by atoms with Crippen molar-refractivity contribution in [3.05, 3.63) is 63.9 Å². The molecule has 0 unspecified atom stereocenters. The van der Waals surface area contributed by atoms with Crippen LogP contribution in [0.5, 0.6) is 5.75 Å². The van der Waals surface area contributed by atoms with Gasteiger partial charge in [-0.1, -0.05) is 51.8 Å². The van der Waals surface area contributed by atoms with Crippen LogP contribution in [0.25, 0.3) is 11.3 Å². The maximum atomic E-state index is 12.0. The second-order valence-electron chi connectivity index (χ2n) is 5.20. The van der Waals surface area contributed by atoms with Crippen molar-refractivity contribution in [2.45, 2.75) is 6.92 Å². The molecule has 3 rings (SSSR count). The Morgan fingerprint density at radius 3 is 2.79 bits per heavy atom. The fourth-order valence-corrected chi connectivity index (χ4v) is 3.16. The van der Waals surface area contributed by atoms with Gasteiger partial charge in [-0.2, -0.15) is 0 Å². The third kappa shape index (κ3) is 4.43.